The predicted molar refractivity (Wildman–Crippen MR) is 42.3 cm³/mol. The number of hydrogen-bond donors (Lipinski definition) is 3. The Labute approximate surface area is 78.9 Å². The molecule has 0 saturated heterocycles. The standard InChI is InChI=1S/AsH3O4.4ClH.Pb/c2-1(3,4)5;;;;;/h(H3,2,3,4,5);4*1H;/q;;;;;+4/p-4. The summed E-state index contributed by atoms with van der Waals surface area (Å²) in [4.78, 5) is 0. The van der Waals surface area contributed by atoms with E-state index in [0.29, 0.717) is 0 Å². The Morgan fingerprint density at radius 3 is 1.00 bits per heavy atom. The van der Waals surface area contributed by atoms with Crippen molar-refractivity contribution in [3.8, 4) is 0 Å². The van der Waals surface area contributed by atoms with Crippen molar-refractivity contribution in [2.75, 3.05) is 0 Å². The summed E-state index contributed by atoms with van der Waals surface area (Å²) in [7, 11) is 20.2. The number of rotatable bonds is 0. The Hall–Kier alpha value is 2.32. The number of hydrogen-bond acceptors (Lipinski definition) is 1. The molecule has 0 saturated carbocycles. The average molecular weight is 491 g/mol. The summed E-state index contributed by atoms with van der Waals surface area (Å²) in [5, 5.41) is 0. The van der Waals surface area contributed by atoms with Crippen LogP contribution >= 0.6 is 33.3 Å². The zero-order valence-electron chi connectivity index (χ0n) is 4.21. The molecule has 0 spiro atoms. The molecule has 0 radical (unpaired) electrons. The summed E-state index contributed by atoms with van der Waals surface area (Å²) in [6.07, 6.45) is 0. The van der Waals surface area contributed by atoms with Gasteiger partial charge in [0.05, 0.1) is 0 Å². The Bertz CT molecular complexity index is 109. The number of halogens is 4. The maximum absolute atomic E-state index is 8.94. The molecule has 0 heterocycles. The van der Waals surface area contributed by atoms with Gasteiger partial charge in [-0.2, -0.15) is 0 Å². The van der Waals surface area contributed by atoms with Gasteiger partial charge in [0.2, 0.25) is 0 Å². The van der Waals surface area contributed by atoms with Gasteiger partial charge in [-0.3, -0.25) is 0 Å². The van der Waals surface area contributed by atoms with Crippen molar-refractivity contribution < 1.29 is 16.0 Å². The third-order valence-corrected chi connectivity index (χ3v) is 0. The summed E-state index contributed by atoms with van der Waals surface area (Å²) in [6.45, 7) is 0. The molecule has 0 rings (SSSR count). The molecule has 0 unspecified atom stereocenters. The third kappa shape index (κ3) is 166. The third-order valence-electron chi connectivity index (χ3n) is 0. The van der Waals surface area contributed by atoms with Crippen LogP contribution in [0.1, 0.15) is 0 Å². The van der Waals surface area contributed by atoms with Crippen molar-refractivity contribution in [1.29, 1.82) is 0 Å². The summed E-state index contributed by atoms with van der Waals surface area (Å²) >= 11 is -8.51. The molecular weight excluding hydrogens is 488 g/mol. The second-order valence-electron chi connectivity index (χ2n) is 0.942. The van der Waals surface area contributed by atoms with E-state index in [0.717, 1.165) is 0 Å². The average Bonchev–Trinajstić information content (AvgIpc) is 1.12. The second kappa shape index (κ2) is 5.88. The maximum atomic E-state index is 8.94. The molecule has 0 aliphatic heterocycles. The van der Waals surface area contributed by atoms with Crippen LogP contribution in [0.15, 0.2) is 0 Å². The fourth-order valence-corrected chi connectivity index (χ4v) is 0. The molecule has 0 aromatic rings. The van der Waals surface area contributed by atoms with E-state index in [-0.39, 0.29) is 0 Å². The second-order valence-corrected chi connectivity index (χ2v) is 36.5. The van der Waals surface area contributed by atoms with Crippen LogP contribution in [0.25, 0.3) is 0 Å². The van der Waals surface area contributed by atoms with Crippen LogP contribution in [0.5, 0.6) is 0 Å². The molecule has 0 aromatic carbocycles. The van der Waals surface area contributed by atoms with Gasteiger partial charge in [-0.1, -0.05) is 0 Å². The van der Waals surface area contributed by atoms with E-state index in [1.807, 2.05) is 0 Å². The van der Waals surface area contributed by atoms with Gasteiger partial charge in [-0.05, 0) is 0 Å². The van der Waals surface area contributed by atoms with Gasteiger partial charge in [0.25, 0.3) is 0 Å². The Kier molecular flexibility index (Phi) is 8.72. The molecule has 0 aromatic heterocycles. The first-order valence-electron chi connectivity index (χ1n) is 1.54. The topological polar surface area (TPSA) is 77.8 Å². The van der Waals surface area contributed by atoms with Crippen molar-refractivity contribution in [1.82, 2.24) is 0 Å². The fraction of sp³-hybridized carbons (Fsp3) is 0. The van der Waals surface area contributed by atoms with Gasteiger partial charge in [-0.15, -0.1) is 0 Å². The Morgan fingerprint density at radius 1 is 1.00 bits per heavy atom. The molecule has 0 aliphatic carbocycles. The van der Waals surface area contributed by atoms with Crippen molar-refractivity contribution >= 4 is 64.1 Å². The van der Waals surface area contributed by atoms with Crippen LogP contribution in [0, 0.1) is 0 Å². The van der Waals surface area contributed by atoms with Gasteiger partial charge in [0.15, 0.2) is 0 Å². The molecule has 10 heteroatoms. The molecule has 10 heavy (non-hydrogen) atoms. The normalized spacial score (nSPS) is 11.9. The van der Waals surface area contributed by atoms with Gasteiger partial charge < -0.3 is 0 Å². The van der Waals surface area contributed by atoms with Crippen molar-refractivity contribution in [2.24, 2.45) is 0 Å². The molecule has 0 atom stereocenters. The summed E-state index contributed by atoms with van der Waals surface area (Å²) in [5.74, 6) is 0. The first kappa shape index (κ1) is 14.8. The van der Waals surface area contributed by atoms with Gasteiger partial charge in [-0.25, -0.2) is 0 Å². The van der Waals surface area contributed by atoms with Crippen molar-refractivity contribution in [3.63, 3.8) is 0 Å². The zero-order chi connectivity index (χ0) is 9.00. The van der Waals surface area contributed by atoms with Gasteiger partial charge >= 0.3 is 80.1 Å². The summed E-state index contributed by atoms with van der Waals surface area (Å²) in [5.41, 5.74) is 0. The quantitative estimate of drug-likeness (QED) is 0.424. The van der Waals surface area contributed by atoms with Crippen LogP contribution < -0.4 is 0 Å². The van der Waals surface area contributed by atoms with E-state index in [2.05, 4.69) is 0 Å². The molecule has 0 fully saturated rings. The minimum atomic E-state index is -5.12. The van der Waals surface area contributed by atoms with Crippen LogP contribution in [0.4, 0.5) is 0 Å². The monoisotopic (exact) mass is 490 g/mol. The fourth-order valence-electron chi connectivity index (χ4n) is 0. The van der Waals surface area contributed by atoms with Gasteiger partial charge in [0.1, 0.15) is 0 Å². The first-order chi connectivity index (χ1) is 4.00. The van der Waals surface area contributed by atoms with Crippen molar-refractivity contribution in [2.45, 2.75) is 0 Å². The van der Waals surface area contributed by atoms with E-state index in [1.54, 1.807) is 0 Å². The van der Waals surface area contributed by atoms with Crippen LogP contribution in [0.3, 0.4) is 0 Å². The van der Waals surface area contributed by atoms with Crippen LogP contribution in [-0.4, -0.2) is 43.1 Å². The van der Waals surface area contributed by atoms with Crippen LogP contribution in [0.2, 0.25) is 0 Å². The molecule has 0 bridgehead atoms. The molecule has 3 N–H and O–H groups in total. The van der Waals surface area contributed by atoms with Crippen LogP contribution in [-0.2, 0) is 3.74 Å². The van der Waals surface area contributed by atoms with E-state index in [9.17, 15) is 0 Å². The SMILES string of the molecule is O=[As](O)(O)O.[Cl][Pb]([Cl])([Cl])[Cl]. The Morgan fingerprint density at radius 2 is 1.00 bits per heavy atom. The summed E-state index contributed by atoms with van der Waals surface area (Å²) in [6, 6.07) is 0. The molecular formula is H3AsCl4O4Pb. The Balaban J connectivity index is 0. The van der Waals surface area contributed by atoms with Crippen molar-refractivity contribution in [3.05, 3.63) is 0 Å². The molecule has 0 aliphatic rings. The van der Waals surface area contributed by atoms with E-state index in [4.69, 9.17) is 49.3 Å². The molecule has 0 amide bonds. The molecule has 64 valence electrons. The predicted octanol–water partition coefficient (Wildman–Crippen LogP) is 0.207. The van der Waals surface area contributed by atoms with Gasteiger partial charge in [0, 0.05) is 0 Å². The van der Waals surface area contributed by atoms with E-state index >= 15 is 0 Å². The molecule has 4 nitrogen and oxygen atoms in total. The van der Waals surface area contributed by atoms with E-state index < -0.39 is 30.8 Å². The zero-order valence-corrected chi connectivity index (χ0v) is 13.0. The minimum absolute atomic E-state index is 3.39. The van der Waals surface area contributed by atoms with E-state index in [1.165, 1.54) is 0 Å². The first-order valence-corrected chi connectivity index (χ1v) is 24.0. The summed E-state index contributed by atoms with van der Waals surface area (Å²) < 4.78 is 30.7.